The van der Waals surface area contributed by atoms with E-state index in [9.17, 15) is 8.78 Å². The average molecular weight is 308 g/mol. The second-order valence-electron chi connectivity index (χ2n) is 4.78. The van der Waals surface area contributed by atoms with Gasteiger partial charge in [-0.25, -0.2) is 13.9 Å². The molecule has 3 rings (SSSR count). The average Bonchev–Trinajstić information content (AvgIpc) is 3.05. The third-order valence-electron chi connectivity index (χ3n) is 3.23. The number of nitrogens with one attached hydrogen (secondary N) is 1. The van der Waals surface area contributed by atoms with Gasteiger partial charge in [-0.2, -0.15) is 5.26 Å². The van der Waals surface area contributed by atoms with E-state index in [4.69, 9.17) is 5.26 Å². The maximum Gasteiger partial charge on any atom is 0.163 e. The van der Waals surface area contributed by atoms with Crippen LogP contribution in [0.15, 0.2) is 42.5 Å². The van der Waals surface area contributed by atoms with Crippen molar-refractivity contribution < 1.29 is 8.78 Å². The molecule has 0 bridgehead atoms. The Morgan fingerprint density at radius 1 is 1.00 bits per heavy atom. The lowest BCUT2D eigenvalue weighted by molar-refractivity contribution is 0.508. The van der Waals surface area contributed by atoms with Gasteiger partial charge in [0.05, 0.1) is 0 Å². The SMILES string of the molecule is N#Cc1[nH]nnc1-c1cccc(/C=C/c2ccc(F)c(F)c2)c1. The van der Waals surface area contributed by atoms with Gasteiger partial charge in [-0.15, -0.1) is 5.10 Å². The van der Waals surface area contributed by atoms with Gasteiger partial charge in [0.15, 0.2) is 17.3 Å². The number of benzene rings is 2. The monoisotopic (exact) mass is 308 g/mol. The predicted molar refractivity (Wildman–Crippen MR) is 81.8 cm³/mol. The number of hydrogen-bond acceptors (Lipinski definition) is 3. The molecule has 112 valence electrons. The zero-order valence-electron chi connectivity index (χ0n) is 11.8. The zero-order chi connectivity index (χ0) is 16.2. The van der Waals surface area contributed by atoms with E-state index in [1.54, 1.807) is 12.2 Å². The van der Waals surface area contributed by atoms with Gasteiger partial charge in [0.2, 0.25) is 0 Å². The molecule has 0 unspecified atom stereocenters. The number of aromatic nitrogens is 3. The maximum atomic E-state index is 13.2. The van der Waals surface area contributed by atoms with Crippen molar-refractivity contribution in [3.05, 3.63) is 70.9 Å². The van der Waals surface area contributed by atoms with E-state index in [0.717, 1.165) is 23.3 Å². The maximum absolute atomic E-state index is 13.2. The molecule has 1 heterocycles. The first-order valence-corrected chi connectivity index (χ1v) is 6.72. The van der Waals surface area contributed by atoms with E-state index < -0.39 is 11.6 Å². The molecule has 2 aromatic carbocycles. The van der Waals surface area contributed by atoms with Crippen LogP contribution in [0.4, 0.5) is 8.78 Å². The predicted octanol–water partition coefficient (Wildman–Crippen LogP) is 3.79. The van der Waals surface area contributed by atoms with Crippen LogP contribution in [0.5, 0.6) is 0 Å². The molecule has 1 aromatic heterocycles. The minimum Gasteiger partial charge on any atom is -0.247 e. The summed E-state index contributed by atoms with van der Waals surface area (Å²) in [6.07, 6.45) is 3.44. The van der Waals surface area contributed by atoms with Crippen molar-refractivity contribution in [3.63, 3.8) is 0 Å². The fourth-order valence-corrected chi connectivity index (χ4v) is 2.11. The Morgan fingerprint density at radius 2 is 1.78 bits per heavy atom. The van der Waals surface area contributed by atoms with Crippen LogP contribution in [-0.2, 0) is 0 Å². The molecule has 1 N–H and O–H groups in total. The Labute approximate surface area is 130 Å². The molecule has 23 heavy (non-hydrogen) atoms. The van der Waals surface area contributed by atoms with Crippen molar-refractivity contribution in [2.24, 2.45) is 0 Å². The molecule has 4 nitrogen and oxygen atoms in total. The van der Waals surface area contributed by atoms with Gasteiger partial charge in [0.1, 0.15) is 11.8 Å². The smallest absolute Gasteiger partial charge is 0.163 e. The fourth-order valence-electron chi connectivity index (χ4n) is 2.11. The Bertz CT molecular complexity index is 922. The van der Waals surface area contributed by atoms with Gasteiger partial charge in [-0.05, 0) is 29.3 Å². The van der Waals surface area contributed by atoms with Gasteiger partial charge >= 0.3 is 0 Å². The Hall–Kier alpha value is -3.33. The highest BCUT2D eigenvalue weighted by Gasteiger charge is 2.09. The van der Waals surface area contributed by atoms with Crippen molar-refractivity contribution in [2.45, 2.75) is 0 Å². The van der Waals surface area contributed by atoms with Crippen LogP contribution in [0.25, 0.3) is 23.4 Å². The molecule has 6 heteroatoms. The molecule has 3 aromatic rings. The summed E-state index contributed by atoms with van der Waals surface area (Å²) >= 11 is 0. The summed E-state index contributed by atoms with van der Waals surface area (Å²) in [5.74, 6) is -1.76. The number of nitriles is 1. The fraction of sp³-hybridized carbons (Fsp3) is 0. The molecule has 0 aliphatic heterocycles. The first-order chi connectivity index (χ1) is 11.2. The summed E-state index contributed by atoms with van der Waals surface area (Å²) in [7, 11) is 0. The standard InChI is InChI=1S/C17H10F2N4/c18-14-7-6-12(9-15(14)19)5-4-11-2-1-3-13(8-11)17-16(10-20)21-23-22-17/h1-9H,(H,21,22,23)/b5-4+. The number of H-pyrrole nitrogens is 1. The van der Waals surface area contributed by atoms with Gasteiger partial charge in [0, 0.05) is 5.56 Å². The Balaban J connectivity index is 1.90. The van der Waals surface area contributed by atoms with E-state index in [-0.39, 0.29) is 5.69 Å². The molecule has 0 aliphatic carbocycles. The summed E-state index contributed by atoms with van der Waals surface area (Å²) in [5, 5.41) is 19.0. The minimum absolute atomic E-state index is 0.284. The second kappa shape index (κ2) is 6.20. The molecule has 0 saturated heterocycles. The third-order valence-corrected chi connectivity index (χ3v) is 3.23. The largest absolute Gasteiger partial charge is 0.247 e. The van der Waals surface area contributed by atoms with E-state index in [0.29, 0.717) is 11.3 Å². The van der Waals surface area contributed by atoms with Crippen LogP contribution >= 0.6 is 0 Å². The zero-order valence-corrected chi connectivity index (χ0v) is 11.8. The van der Waals surface area contributed by atoms with Crippen molar-refractivity contribution in [3.8, 4) is 17.3 Å². The van der Waals surface area contributed by atoms with Crippen molar-refractivity contribution in [2.75, 3.05) is 0 Å². The third kappa shape index (κ3) is 3.14. The van der Waals surface area contributed by atoms with Crippen molar-refractivity contribution in [1.29, 1.82) is 5.26 Å². The first-order valence-electron chi connectivity index (χ1n) is 6.72. The van der Waals surface area contributed by atoms with E-state index >= 15 is 0 Å². The highest BCUT2D eigenvalue weighted by molar-refractivity contribution is 5.73. The van der Waals surface area contributed by atoms with Crippen LogP contribution in [0.3, 0.4) is 0 Å². The van der Waals surface area contributed by atoms with Crippen LogP contribution < -0.4 is 0 Å². The highest BCUT2D eigenvalue weighted by Crippen LogP contribution is 2.21. The number of rotatable bonds is 3. The molecular weight excluding hydrogens is 298 g/mol. The van der Waals surface area contributed by atoms with Gasteiger partial charge < -0.3 is 0 Å². The summed E-state index contributed by atoms with van der Waals surface area (Å²) in [4.78, 5) is 0. The Morgan fingerprint density at radius 3 is 2.52 bits per heavy atom. The molecule has 0 saturated carbocycles. The van der Waals surface area contributed by atoms with Gasteiger partial charge in [0.25, 0.3) is 0 Å². The lowest BCUT2D eigenvalue weighted by Crippen LogP contribution is -1.85. The van der Waals surface area contributed by atoms with Crippen LogP contribution in [0.2, 0.25) is 0 Å². The quantitative estimate of drug-likeness (QED) is 0.749. The van der Waals surface area contributed by atoms with Gasteiger partial charge in [-0.1, -0.05) is 41.6 Å². The second-order valence-corrected chi connectivity index (χ2v) is 4.78. The molecule has 0 aliphatic rings. The number of halogens is 2. The van der Waals surface area contributed by atoms with Crippen LogP contribution in [-0.4, -0.2) is 15.4 Å². The lowest BCUT2D eigenvalue weighted by atomic mass is 10.1. The molecule has 0 amide bonds. The summed E-state index contributed by atoms with van der Waals surface area (Å²) < 4.78 is 26.1. The molecular formula is C17H10F2N4. The Kier molecular flexibility index (Phi) is 3.93. The van der Waals surface area contributed by atoms with E-state index in [1.165, 1.54) is 6.07 Å². The normalized spacial score (nSPS) is 10.8. The lowest BCUT2D eigenvalue weighted by Gasteiger charge is -2.00. The van der Waals surface area contributed by atoms with Gasteiger partial charge in [-0.3, -0.25) is 0 Å². The topological polar surface area (TPSA) is 65.4 Å². The van der Waals surface area contributed by atoms with Crippen LogP contribution in [0.1, 0.15) is 16.8 Å². The van der Waals surface area contributed by atoms with Crippen molar-refractivity contribution >= 4 is 12.2 Å². The summed E-state index contributed by atoms with van der Waals surface area (Å²) in [5.41, 5.74) is 2.87. The number of nitrogens with zero attached hydrogens (tertiary/aromatic N) is 3. The number of hydrogen-bond donors (Lipinski definition) is 1. The number of aromatic amines is 1. The van der Waals surface area contributed by atoms with E-state index in [2.05, 4.69) is 15.4 Å². The molecule has 0 radical (unpaired) electrons. The molecule has 0 atom stereocenters. The molecule has 0 fully saturated rings. The highest BCUT2D eigenvalue weighted by atomic mass is 19.2. The van der Waals surface area contributed by atoms with Crippen LogP contribution in [0, 0.1) is 23.0 Å². The molecule has 0 spiro atoms. The first kappa shape index (κ1) is 14.6. The summed E-state index contributed by atoms with van der Waals surface area (Å²) in [6.45, 7) is 0. The summed E-state index contributed by atoms with van der Waals surface area (Å²) in [6, 6.07) is 13.0. The minimum atomic E-state index is -0.887. The van der Waals surface area contributed by atoms with E-state index in [1.807, 2.05) is 30.3 Å². The van der Waals surface area contributed by atoms with Crippen molar-refractivity contribution in [1.82, 2.24) is 15.4 Å².